The summed E-state index contributed by atoms with van der Waals surface area (Å²) in [5.74, 6) is 1.34. The lowest BCUT2D eigenvalue weighted by Gasteiger charge is -2.29. The summed E-state index contributed by atoms with van der Waals surface area (Å²) in [4.78, 5) is 59.0. The maximum Gasteiger partial charge on any atom is 0.407 e. The first kappa shape index (κ1) is 36.7. The molecular formula is C43H50FN7O4. The van der Waals surface area contributed by atoms with Crippen molar-refractivity contribution in [3.05, 3.63) is 71.4 Å². The molecule has 5 aromatic rings. The maximum absolute atomic E-state index is 14.6. The molecule has 4 heterocycles. The minimum atomic E-state index is -1.06. The molecule has 4 atom stereocenters. The van der Waals surface area contributed by atoms with Crippen LogP contribution in [0.15, 0.2) is 48.7 Å². The van der Waals surface area contributed by atoms with Crippen LogP contribution in [-0.2, 0) is 27.2 Å². The lowest BCUT2D eigenvalue weighted by atomic mass is 9.91. The zero-order chi connectivity index (χ0) is 38.5. The number of benzene rings is 3. The lowest BCUT2D eigenvalue weighted by Crippen LogP contribution is -2.51. The maximum atomic E-state index is 14.6. The van der Waals surface area contributed by atoms with Crippen molar-refractivity contribution in [2.75, 3.05) is 20.2 Å². The molecule has 0 unspecified atom stereocenters. The van der Waals surface area contributed by atoms with Gasteiger partial charge in [-0.05, 0) is 83.7 Å². The first-order valence-electron chi connectivity index (χ1n) is 19.7. The lowest BCUT2D eigenvalue weighted by molar-refractivity contribution is -0.135. The number of likely N-dealkylation sites (tertiary alicyclic amines) is 2. The van der Waals surface area contributed by atoms with Crippen LogP contribution in [0.4, 0.5) is 9.18 Å². The fourth-order valence-electron chi connectivity index (χ4n) is 9.00. The van der Waals surface area contributed by atoms with Gasteiger partial charge < -0.3 is 29.8 Å². The van der Waals surface area contributed by atoms with Crippen LogP contribution in [0.2, 0.25) is 0 Å². The third-order valence-electron chi connectivity index (χ3n) is 11.7. The predicted octanol–water partition coefficient (Wildman–Crippen LogP) is 7.96. The fourth-order valence-corrected chi connectivity index (χ4v) is 9.00. The molecule has 3 aliphatic rings. The molecule has 0 saturated carbocycles. The average Bonchev–Trinajstić information content (AvgIpc) is 4.01. The van der Waals surface area contributed by atoms with Crippen molar-refractivity contribution in [1.82, 2.24) is 35.1 Å². The minimum absolute atomic E-state index is 0.0224. The zero-order valence-corrected chi connectivity index (χ0v) is 32.2. The first-order valence-corrected chi connectivity index (χ1v) is 19.7. The predicted molar refractivity (Wildman–Crippen MR) is 210 cm³/mol. The number of H-pyrrole nitrogens is 2. The molecular weight excluding hydrogens is 698 g/mol. The Kier molecular flexibility index (Phi) is 9.85. The molecule has 3 aromatic carbocycles. The van der Waals surface area contributed by atoms with Gasteiger partial charge in [0.25, 0.3) is 0 Å². The quantitative estimate of drug-likeness (QED) is 0.140. The first-order chi connectivity index (χ1) is 26.5. The van der Waals surface area contributed by atoms with Crippen LogP contribution in [0.5, 0.6) is 0 Å². The fraction of sp³-hybridized carbons (Fsp3) is 0.465. The highest BCUT2D eigenvalue weighted by atomic mass is 19.1. The van der Waals surface area contributed by atoms with Gasteiger partial charge in [-0.2, -0.15) is 0 Å². The van der Waals surface area contributed by atoms with Crippen molar-refractivity contribution < 1.29 is 23.5 Å². The molecule has 3 N–H and O–H groups in total. The summed E-state index contributed by atoms with van der Waals surface area (Å²) < 4.78 is 19.4. The Balaban J connectivity index is 1.06. The standard InChI is InChI=1S/C43H50FN7O4/c1-23(2)18-37(52)51-22-27(44)20-36(51)40-45-21-34(47-40)32-15-14-28(30-8-6-9-31(30)32)25-11-13-29-26(19-25)12-16-33-39(29)48-41(46-33)35-10-7-17-50(35)42(53)38(24(3)4)49-43(54)55-5/h11-16,19,21,23-24,27,35-36,38H,6-10,17-18,20,22H2,1-5H3,(H,45,47)(H,46,48)(H,49,54)/t27-,35+,36+,38+/m1/s1. The van der Waals surface area contributed by atoms with Crippen LogP contribution in [-0.4, -0.2) is 80.1 Å². The van der Waals surface area contributed by atoms with Crippen molar-refractivity contribution in [2.24, 2.45) is 11.8 Å². The van der Waals surface area contributed by atoms with Crippen molar-refractivity contribution >= 4 is 39.7 Å². The van der Waals surface area contributed by atoms with Crippen LogP contribution in [0.1, 0.15) is 94.7 Å². The Bertz CT molecular complexity index is 2280. The molecule has 2 fully saturated rings. The van der Waals surface area contributed by atoms with Gasteiger partial charge in [0.1, 0.15) is 23.9 Å². The van der Waals surface area contributed by atoms with Crippen molar-refractivity contribution in [1.29, 1.82) is 0 Å². The number of fused-ring (bicyclic) bond motifs is 4. The van der Waals surface area contributed by atoms with Gasteiger partial charge in [0.05, 0.1) is 48.7 Å². The Morgan fingerprint density at radius 3 is 2.49 bits per heavy atom. The molecule has 2 aliphatic heterocycles. The van der Waals surface area contributed by atoms with E-state index in [1.54, 1.807) is 4.90 Å². The van der Waals surface area contributed by atoms with E-state index in [-0.39, 0.29) is 48.7 Å². The number of hydrogen-bond acceptors (Lipinski definition) is 6. The Morgan fingerprint density at radius 1 is 0.945 bits per heavy atom. The number of hydrogen-bond donors (Lipinski definition) is 3. The highest BCUT2D eigenvalue weighted by molar-refractivity contribution is 6.05. The van der Waals surface area contributed by atoms with Crippen molar-refractivity contribution in [3.63, 3.8) is 0 Å². The Hall–Kier alpha value is -5.26. The Morgan fingerprint density at radius 2 is 1.73 bits per heavy atom. The molecule has 0 spiro atoms. The number of carbonyl (C=O) groups excluding carboxylic acids is 3. The van der Waals surface area contributed by atoms with E-state index < -0.39 is 18.3 Å². The topological polar surface area (TPSA) is 136 Å². The van der Waals surface area contributed by atoms with Crippen LogP contribution >= 0.6 is 0 Å². The number of ether oxygens (including phenoxy) is 1. The summed E-state index contributed by atoms with van der Waals surface area (Å²) in [6.45, 7) is 8.55. The van der Waals surface area contributed by atoms with Gasteiger partial charge in [0, 0.05) is 30.3 Å². The van der Waals surface area contributed by atoms with Crippen molar-refractivity contribution in [2.45, 2.75) is 96.9 Å². The number of halogens is 1. The van der Waals surface area contributed by atoms with E-state index in [0.717, 1.165) is 76.6 Å². The molecule has 11 nitrogen and oxygen atoms in total. The smallest absolute Gasteiger partial charge is 0.407 e. The highest BCUT2D eigenvalue weighted by Crippen LogP contribution is 2.41. The van der Waals surface area contributed by atoms with E-state index in [1.165, 1.54) is 23.8 Å². The van der Waals surface area contributed by atoms with Gasteiger partial charge in [-0.25, -0.2) is 19.2 Å². The monoisotopic (exact) mass is 747 g/mol. The van der Waals surface area contributed by atoms with E-state index in [0.29, 0.717) is 18.8 Å². The molecule has 55 heavy (non-hydrogen) atoms. The van der Waals surface area contributed by atoms with Gasteiger partial charge in [0.15, 0.2) is 0 Å². The number of carbonyl (C=O) groups is 3. The third kappa shape index (κ3) is 6.84. The number of rotatable bonds is 9. The molecule has 12 heteroatoms. The van der Waals surface area contributed by atoms with Crippen LogP contribution < -0.4 is 5.32 Å². The van der Waals surface area contributed by atoms with Gasteiger partial charge in [-0.3, -0.25) is 9.59 Å². The largest absolute Gasteiger partial charge is 0.453 e. The van der Waals surface area contributed by atoms with Crippen LogP contribution in [0.25, 0.3) is 44.2 Å². The van der Waals surface area contributed by atoms with Gasteiger partial charge in [-0.15, -0.1) is 0 Å². The van der Waals surface area contributed by atoms with E-state index >= 15 is 0 Å². The molecule has 1 aliphatic carbocycles. The molecule has 288 valence electrons. The van der Waals surface area contributed by atoms with E-state index in [4.69, 9.17) is 9.72 Å². The second-order valence-corrected chi connectivity index (χ2v) is 16.2. The van der Waals surface area contributed by atoms with Gasteiger partial charge in [0.2, 0.25) is 11.8 Å². The highest BCUT2D eigenvalue weighted by Gasteiger charge is 2.39. The second kappa shape index (κ2) is 14.8. The number of amides is 3. The summed E-state index contributed by atoms with van der Waals surface area (Å²) in [5, 5.41) is 4.84. The number of aromatic amines is 2. The summed E-state index contributed by atoms with van der Waals surface area (Å²) >= 11 is 0. The average molecular weight is 748 g/mol. The number of aromatic nitrogens is 4. The van der Waals surface area contributed by atoms with Crippen molar-refractivity contribution in [3.8, 4) is 22.4 Å². The van der Waals surface area contributed by atoms with Crippen LogP contribution in [0, 0.1) is 11.8 Å². The van der Waals surface area contributed by atoms with Crippen LogP contribution in [0.3, 0.4) is 0 Å². The summed E-state index contributed by atoms with van der Waals surface area (Å²) in [5.41, 5.74) is 8.78. The molecule has 0 radical (unpaired) electrons. The Labute approximate surface area is 320 Å². The number of methoxy groups -OCH3 is 1. The number of nitrogens with zero attached hydrogens (tertiary/aromatic N) is 4. The number of alkyl halides is 1. The number of alkyl carbamates (subject to hydrolysis) is 1. The third-order valence-corrected chi connectivity index (χ3v) is 11.7. The van der Waals surface area contributed by atoms with Gasteiger partial charge in [-0.1, -0.05) is 58.0 Å². The van der Waals surface area contributed by atoms with E-state index in [2.05, 4.69) is 62.7 Å². The summed E-state index contributed by atoms with van der Waals surface area (Å²) in [6.07, 6.45) is 5.45. The minimum Gasteiger partial charge on any atom is -0.453 e. The molecule has 8 rings (SSSR count). The van der Waals surface area contributed by atoms with E-state index in [1.807, 2.05) is 38.8 Å². The number of imidazole rings is 2. The number of nitrogens with one attached hydrogen (secondary N) is 3. The molecule has 2 aromatic heterocycles. The molecule has 2 saturated heterocycles. The van der Waals surface area contributed by atoms with Gasteiger partial charge >= 0.3 is 6.09 Å². The van der Waals surface area contributed by atoms with E-state index in [9.17, 15) is 18.8 Å². The molecule has 0 bridgehead atoms. The normalized spacial score (nSPS) is 20.3. The SMILES string of the molecule is COC(=O)N[C@H](C(=O)N1CCC[C@H]1c1nc2c(ccc3cc(-c4ccc(-c5cnc([C@@H]6C[C@@H](F)CN6C(=O)CC(C)C)[nH]5)c5c4CCC5)ccc32)[nH]1)C(C)C. The second-order valence-electron chi connectivity index (χ2n) is 16.2. The zero-order valence-electron chi connectivity index (χ0n) is 32.2. The summed E-state index contributed by atoms with van der Waals surface area (Å²) in [7, 11) is 1.30. The summed E-state index contributed by atoms with van der Waals surface area (Å²) in [6, 6.07) is 13.8. The molecule has 3 amide bonds.